The molecule has 0 radical (unpaired) electrons. The first kappa shape index (κ1) is 13.7. The Kier molecular flexibility index (Phi) is 5.01. The van der Waals surface area contributed by atoms with E-state index >= 15 is 0 Å². The molecule has 0 amide bonds. The molecule has 16 heavy (non-hydrogen) atoms. The molecule has 6 heteroatoms. The Labute approximate surface area is 93.7 Å². The molecule has 0 aromatic heterocycles. The van der Waals surface area contributed by atoms with Gasteiger partial charge < -0.3 is 15.4 Å². The maximum Gasteiger partial charge on any atom is 0.394 e. The summed E-state index contributed by atoms with van der Waals surface area (Å²) < 4.78 is 42.7. The van der Waals surface area contributed by atoms with Crippen molar-refractivity contribution in [3.05, 3.63) is 0 Å². The number of halogens is 3. The third-order valence-corrected chi connectivity index (χ3v) is 3.02. The molecule has 1 rings (SSSR count). The molecule has 2 N–H and O–H groups in total. The fraction of sp³-hybridized carbons (Fsp3) is 1.00. The highest BCUT2D eigenvalue weighted by atomic mass is 19.4. The molecule has 0 bridgehead atoms. The van der Waals surface area contributed by atoms with E-state index in [-0.39, 0.29) is 19.2 Å². The predicted molar refractivity (Wildman–Crippen MR) is 55.1 cm³/mol. The topological polar surface area (TPSA) is 38.5 Å². The molecule has 1 saturated heterocycles. The van der Waals surface area contributed by atoms with Crippen LogP contribution in [0.1, 0.15) is 12.8 Å². The van der Waals surface area contributed by atoms with E-state index in [9.17, 15) is 13.2 Å². The number of nitrogens with two attached hydrogens (primary N) is 1. The van der Waals surface area contributed by atoms with E-state index in [4.69, 9.17) is 10.5 Å². The second-order valence-corrected chi connectivity index (χ2v) is 4.23. The van der Waals surface area contributed by atoms with Gasteiger partial charge in [-0.3, -0.25) is 0 Å². The molecular formula is C10H19F3N2O. The van der Waals surface area contributed by atoms with Crippen LogP contribution >= 0.6 is 0 Å². The van der Waals surface area contributed by atoms with E-state index in [0.717, 1.165) is 12.8 Å². The molecule has 1 heterocycles. The van der Waals surface area contributed by atoms with Crippen LogP contribution in [0.25, 0.3) is 0 Å². The Morgan fingerprint density at radius 3 is 2.69 bits per heavy atom. The minimum absolute atomic E-state index is 0.0140. The zero-order valence-electron chi connectivity index (χ0n) is 9.46. The van der Waals surface area contributed by atoms with Crippen LogP contribution in [0.15, 0.2) is 0 Å². The van der Waals surface area contributed by atoms with Gasteiger partial charge in [-0.05, 0) is 19.4 Å². The summed E-state index contributed by atoms with van der Waals surface area (Å²) in [7, 11) is 1.60. The highest BCUT2D eigenvalue weighted by Crippen LogP contribution is 2.27. The second-order valence-electron chi connectivity index (χ2n) is 4.23. The van der Waals surface area contributed by atoms with Crippen molar-refractivity contribution >= 4 is 0 Å². The van der Waals surface area contributed by atoms with Gasteiger partial charge in [0.15, 0.2) is 0 Å². The summed E-state index contributed by atoms with van der Waals surface area (Å²) in [5.74, 6) is -1.43. The first-order valence-electron chi connectivity index (χ1n) is 5.49. The minimum atomic E-state index is -4.20. The normalized spacial score (nSPS) is 25.7. The Morgan fingerprint density at radius 2 is 2.19 bits per heavy atom. The predicted octanol–water partition coefficient (Wildman–Crippen LogP) is 1.23. The van der Waals surface area contributed by atoms with Gasteiger partial charge in [-0.2, -0.15) is 13.2 Å². The molecule has 0 saturated carbocycles. The maximum absolute atomic E-state index is 12.5. The fourth-order valence-electron chi connectivity index (χ4n) is 1.99. The molecule has 96 valence electrons. The average molecular weight is 240 g/mol. The SMILES string of the molecule is COC1CCCN(CC(CN)C(F)(F)F)C1. The number of likely N-dealkylation sites (tertiary alicyclic amines) is 1. The van der Waals surface area contributed by atoms with Gasteiger partial charge in [-0.1, -0.05) is 0 Å². The van der Waals surface area contributed by atoms with E-state index in [1.807, 2.05) is 0 Å². The van der Waals surface area contributed by atoms with Gasteiger partial charge in [0.25, 0.3) is 0 Å². The molecule has 1 fully saturated rings. The van der Waals surface area contributed by atoms with Crippen molar-refractivity contribution in [2.24, 2.45) is 11.7 Å². The van der Waals surface area contributed by atoms with Crippen LogP contribution < -0.4 is 5.73 Å². The van der Waals surface area contributed by atoms with E-state index in [2.05, 4.69) is 0 Å². The standard InChI is InChI=1S/C10H19F3N2O/c1-16-9-3-2-4-15(7-9)6-8(5-14)10(11,12)13/h8-9H,2-7,14H2,1H3. The second kappa shape index (κ2) is 5.84. The molecular weight excluding hydrogens is 221 g/mol. The molecule has 0 aromatic rings. The van der Waals surface area contributed by atoms with Gasteiger partial charge in [0.2, 0.25) is 0 Å². The highest BCUT2D eigenvalue weighted by Gasteiger charge is 2.39. The number of piperidine rings is 1. The number of hydrogen-bond acceptors (Lipinski definition) is 3. The van der Waals surface area contributed by atoms with Gasteiger partial charge >= 0.3 is 6.18 Å². The molecule has 1 aliphatic rings. The van der Waals surface area contributed by atoms with Crippen molar-refractivity contribution < 1.29 is 17.9 Å². The molecule has 3 nitrogen and oxygen atoms in total. The van der Waals surface area contributed by atoms with Crippen molar-refractivity contribution in [1.82, 2.24) is 4.90 Å². The van der Waals surface area contributed by atoms with Gasteiger partial charge in [-0.15, -0.1) is 0 Å². The van der Waals surface area contributed by atoms with Crippen molar-refractivity contribution in [2.75, 3.05) is 33.3 Å². The lowest BCUT2D eigenvalue weighted by Crippen LogP contribution is -2.46. The highest BCUT2D eigenvalue weighted by molar-refractivity contribution is 4.78. The van der Waals surface area contributed by atoms with Crippen LogP contribution in [-0.2, 0) is 4.74 Å². The summed E-state index contributed by atoms with van der Waals surface area (Å²) in [5, 5.41) is 0. The number of hydrogen-bond donors (Lipinski definition) is 1. The lowest BCUT2D eigenvalue weighted by atomic mass is 10.0. The van der Waals surface area contributed by atoms with E-state index in [1.54, 1.807) is 12.0 Å². The van der Waals surface area contributed by atoms with Crippen LogP contribution in [-0.4, -0.2) is 50.5 Å². The largest absolute Gasteiger partial charge is 0.394 e. The van der Waals surface area contributed by atoms with E-state index in [0.29, 0.717) is 13.1 Å². The van der Waals surface area contributed by atoms with Crippen LogP contribution in [0.4, 0.5) is 13.2 Å². The first-order valence-corrected chi connectivity index (χ1v) is 5.49. The molecule has 0 aromatic carbocycles. The van der Waals surface area contributed by atoms with Gasteiger partial charge in [0.05, 0.1) is 12.0 Å². The zero-order chi connectivity index (χ0) is 12.2. The summed E-state index contributed by atoms with van der Waals surface area (Å²) >= 11 is 0. The van der Waals surface area contributed by atoms with Crippen molar-refractivity contribution in [3.63, 3.8) is 0 Å². The summed E-state index contributed by atoms with van der Waals surface area (Å²) in [6.45, 7) is 0.910. The number of ether oxygens (including phenoxy) is 1. The summed E-state index contributed by atoms with van der Waals surface area (Å²) in [4.78, 5) is 1.79. The fourth-order valence-corrected chi connectivity index (χ4v) is 1.99. The number of alkyl halides is 3. The minimum Gasteiger partial charge on any atom is -0.380 e. The Morgan fingerprint density at radius 1 is 1.50 bits per heavy atom. The van der Waals surface area contributed by atoms with Crippen LogP contribution in [0.2, 0.25) is 0 Å². The van der Waals surface area contributed by atoms with Crippen molar-refractivity contribution in [1.29, 1.82) is 0 Å². The van der Waals surface area contributed by atoms with Gasteiger partial charge in [-0.25, -0.2) is 0 Å². The lowest BCUT2D eigenvalue weighted by molar-refractivity contribution is -0.178. The number of rotatable bonds is 4. The zero-order valence-corrected chi connectivity index (χ0v) is 9.46. The first-order chi connectivity index (χ1) is 7.47. The van der Waals surface area contributed by atoms with E-state index < -0.39 is 12.1 Å². The molecule has 0 aliphatic carbocycles. The van der Waals surface area contributed by atoms with Crippen molar-refractivity contribution in [3.8, 4) is 0 Å². The van der Waals surface area contributed by atoms with Crippen LogP contribution in [0.3, 0.4) is 0 Å². The van der Waals surface area contributed by atoms with Crippen LogP contribution in [0.5, 0.6) is 0 Å². The Hall–Kier alpha value is -0.330. The molecule has 2 unspecified atom stereocenters. The Balaban J connectivity index is 2.45. The Bertz CT molecular complexity index is 211. The average Bonchev–Trinajstić information content (AvgIpc) is 2.24. The smallest absolute Gasteiger partial charge is 0.380 e. The molecule has 2 atom stereocenters. The number of methoxy groups -OCH3 is 1. The monoisotopic (exact) mass is 240 g/mol. The third-order valence-electron chi connectivity index (χ3n) is 3.02. The third kappa shape index (κ3) is 3.92. The lowest BCUT2D eigenvalue weighted by Gasteiger charge is -2.34. The summed E-state index contributed by atoms with van der Waals surface area (Å²) in [6.07, 6.45) is -2.34. The summed E-state index contributed by atoms with van der Waals surface area (Å²) in [6, 6.07) is 0. The van der Waals surface area contributed by atoms with Gasteiger partial charge in [0.1, 0.15) is 0 Å². The summed E-state index contributed by atoms with van der Waals surface area (Å²) in [5.41, 5.74) is 5.17. The molecule has 0 spiro atoms. The quantitative estimate of drug-likeness (QED) is 0.803. The van der Waals surface area contributed by atoms with E-state index in [1.165, 1.54) is 0 Å². The van der Waals surface area contributed by atoms with Crippen LogP contribution in [0, 0.1) is 5.92 Å². The molecule has 1 aliphatic heterocycles. The number of nitrogens with zero attached hydrogens (tertiary/aromatic N) is 1. The van der Waals surface area contributed by atoms with Gasteiger partial charge in [0, 0.05) is 26.7 Å². The van der Waals surface area contributed by atoms with Crippen molar-refractivity contribution in [2.45, 2.75) is 25.1 Å². The maximum atomic E-state index is 12.5.